The highest BCUT2D eigenvalue weighted by Crippen LogP contribution is 2.27. The van der Waals surface area contributed by atoms with Crippen LogP contribution in [0.2, 0.25) is 5.02 Å². The van der Waals surface area contributed by atoms with E-state index < -0.39 is 21.8 Å². The molecule has 2 aromatic carbocycles. The fourth-order valence-electron chi connectivity index (χ4n) is 3.15. The lowest BCUT2D eigenvalue weighted by molar-refractivity contribution is -0.117. The molecule has 1 aromatic heterocycles. The largest absolute Gasteiger partial charge is 0.317 e. The molecule has 1 aliphatic heterocycles. The number of anilines is 1. The van der Waals surface area contributed by atoms with E-state index in [-0.39, 0.29) is 10.5 Å². The van der Waals surface area contributed by atoms with Gasteiger partial charge in [0.1, 0.15) is 5.57 Å². The normalized spacial score (nSPS) is 15.6. The zero-order chi connectivity index (χ0) is 22.3. The van der Waals surface area contributed by atoms with Gasteiger partial charge in [0.05, 0.1) is 10.6 Å². The number of aryl methyl sites for hydroxylation is 1. The second-order valence-electron chi connectivity index (χ2n) is 6.91. The minimum absolute atomic E-state index is 0.0129. The SMILES string of the molecule is Cc1ccc(N2NC(=O)/C(=C/c3cccn3-c3ccc(S(N)(=O)=O)cc3)C2=O)cc1Cl. The van der Waals surface area contributed by atoms with E-state index in [0.717, 1.165) is 10.6 Å². The van der Waals surface area contributed by atoms with E-state index in [9.17, 15) is 18.0 Å². The topological polar surface area (TPSA) is 114 Å². The standard InChI is InChI=1S/C21H17ClN4O4S/c1-13-4-5-16(12-19(13)22)26-21(28)18(20(27)24-26)11-15-3-2-10-25(15)14-6-8-17(9-7-14)31(23,29)30/h2-12H,1H3,(H,24,27)(H2,23,29,30)/b18-11-. The molecule has 0 unspecified atom stereocenters. The zero-order valence-electron chi connectivity index (χ0n) is 16.2. The number of primary sulfonamides is 1. The van der Waals surface area contributed by atoms with Crippen molar-refractivity contribution in [2.24, 2.45) is 5.14 Å². The quantitative estimate of drug-likeness (QED) is 0.463. The lowest BCUT2D eigenvalue weighted by atomic mass is 10.2. The van der Waals surface area contributed by atoms with Crippen LogP contribution < -0.4 is 15.6 Å². The Morgan fingerprint density at radius 1 is 1.03 bits per heavy atom. The number of carbonyl (C=O) groups excluding carboxylic acids is 2. The lowest BCUT2D eigenvalue weighted by Crippen LogP contribution is -2.35. The Morgan fingerprint density at radius 2 is 1.71 bits per heavy atom. The number of nitrogens with two attached hydrogens (primary N) is 1. The number of hydrazine groups is 1. The van der Waals surface area contributed by atoms with Gasteiger partial charge in [-0.25, -0.2) is 18.6 Å². The van der Waals surface area contributed by atoms with E-state index in [4.69, 9.17) is 16.7 Å². The summed E-state index contributed by atoms with van der Waals surface area (Å²) in [6.45, 7) is 1.84. The molecule has 3 aromatic rings. The Balaban J connectivity index is 1.67. The molecule has 1 aliphatic rings. The fraction of sp³-hybridized carbons (Fsp3) is 0.0476. The van der Waals surface area contributed by atoms with Gasteiger partial charge in [-0.2, -0.15) is 0 Å². The van der Waals surface area contributed by atoms with Crippen molar-refractivity contribution in [3.05, 3.63) is 82.6 Å². The number of sulfonamides is 1. The van der Waals surface area contributed by atoms with Crippen molar-refractivity contribution in [1.82, 2.24) is 9.99 Å². The Kier molecular flexibility index (Phi) is 5.18. The Bertz CT molecular complexity index is 1340. The first-order chi connectivity index (χ1) is 14.6. The number of carbonyl (C=O) groups is 2. The predicted molar refractivity (Wildman–Crippen MR) is 117 cm³/mol. The van der Waals surface area contributed by atoms with Gasteiger partial charge in [-0.3, -0.25) is 15.0 Å². The second-order valence-corrected chi connectivity index (χ2v) is 8.88. The molecule has 8 nitrogen and oxygen atoms in total. The number of nitrogens with one attached hydrogen (secondary N) is 1. The maximum absolute atomic E-state index is 12.9. The third-order valence-electron chi connectivity index (χ3n) is 4.82. The van der Waals surface area contributed by atoms with Gasteiger partial charge in [0.25, 0.3) is 11.8 Å². The highest BCUT2D eigenvalue weighted by molar-refractivity contribution is 7.89. The molecule has 0 aliphatic carbocycles. The summed E-state index contributed by atoms with van der Waals surface area (Å²) in [6.07, 6.45) is 3.20. The van der Waals surface area contributed by atoms with Gasteiger partial charge < -0.3 is 4.57 Å². The summed E-state index contributed by atoms with van der Waals surface area (Å²) in [5.74, 6) is -1.05. The number of halogens is 1. The monoisotopic (exact) mass is 456 g/mol. The number of hydrogen-bond acceptors (Lipinski definition) is 4. The van der Waals surface area contributed by atoms with Crippen molar-refractivity contribution in [2.75, 3.05) is 5.01 Å². The second kappa shape index (κ2) is 7.69. The predicted octanol–water partition coefficient (Wildman–Crippen LogP) is 2.55. The van der Waals surface area contributed by atoms with Gasteiger partial charge in [0.2, 0.25) is 10.0 Å². The van der Waals surface area contributed by atoms with Crippen LogP contribution in [0.1, 0.15) is 11.3 Å². The summed E-state index contributed by atoms with van der Waals surface area (Å²) in [6, 6.07) is 14.5. The van der Waals surface area contributed by atoms with Crippen LogP contribution in [-0.2, 0) is 19.6 Å². The van der Waals surface area contributed by atoms with Crippen molar-refractivity contribution in [3.8, 4) is 5.69 Å². The van der Waals surface area contributed by atoms with Crippen LogP contribution in [0, 0.1) is 6.92 Å². The van der Waals surface area contributed by atoms with Crippen molar-refractivity contribution in [3.63, 3.8) is 0 Å². The molecule has 4 rings (SSSR count). The average Bonchev–Trinajstić information content (AvgIpc) is 3.29. The first kappa shape index (κ1) is 20.9. The van der Waals surface area contributed by atoms with Crippen LogP contribution in [0.25, 0.3) is 11.8 Å². The van der Waals surface area contributed by atoms with Crippen LogP contribution in [0.4, 0.5) is 5.69 Å². The van der Waals surface area contributed by atoms with E-state index in [2.05, 4.69) is 5.43 Å². The summed E-state index contributed by atoms with van der Waals surface area (Å²) in [5.41, 5.74) is 5.00. The number of benzene rings is 2. The zero-order valence-corrected chi connectivity index (χ0v) is 17.8. The molecule has 0 bridgehead atoms. The first-order valence-corrected chi connectivity index (χ1v) is 11.0. The van der Waals surface area contributed by atoms with E-state index >= 15 is 0 Å². The van der Waals surface area contributed by atoms with Crippen molar-refractivity contribution >= 4 is 45.2 Å². The first-order valence-electron chi connectivity index (χ1n) is 9.09. The number of hydrogen-bond donors (Lipinski definition) is 2. The number of amides is 2. The molecule has 10 heteroatoms. The van der Waals surface area contributed by atoms with E-state index in [1.54, 1.807) is 53.2 Å². The molecule has 0 radical (unpaired) electrons. The highest BCUT2D eigenvalue weighted by Gasteiger charge is 2.34. The Hall–Kier alpha value is -3.40. The summed E-state index contributed by atoms with van der Waals surface area (Å²) in [5, 5.41) is 6.76. The summed E-state index contributed by atoms with van der Waals surface area (Å²) in [7, 11) is -3.80. The minimum Gasteiger partial charge on any atom is -0.317 e. The van der Waals surface area contributed by atoms with Gasteiger partial charge in [0, 0.05) is 22.6 Å². The number of aromatic nitrogens is 1. The third-order valence-corrected chi connectivity index (χ3v) is 6.16. The molecule has 158 valence electrons. The molecule has 31 heavy (non-hydrogen) atoms. The fourth-order valence-corrected chi connectivity index (χ4v) is 3.84. The van der Waals surface area contributed by atoms with Gasteiger partial charge in [0.15, 0.2) is 0 Å². The van der Waals surface area contributed by atoms with Gasteiger partial charge in [-0.15, -0.1) is 0 Å². The highest BCUT2D eigenvalue weighted by atomic mass is 35.5. The Morgan fingerprint density at radius 3 is 2.35 bits per heavy atom. The maximum Gasteiger partial charge on any atom is 0.282 e. The van der Waals surface area contributed by atoms with E-state index in [1.807, 2.05) is 6.92 Å². The van der Waals surface area contributed by atoms with Crippen LogP contribution in [-0.4, -0.2) is 24.8 Å². The van der Waals surface area contributed by atoms with Crippen molar-refractivity contribution in [1.29, 1.82) is 0 Å². The molecule has 0 atom stereocenters. The lowest BCUT2D eigenvalue weighted by Gasteiger charge is -2.15. The molecule has 2 heterocycles. The molecular formula is C21H17ClN4O4S. The average molecular weight is 457 g/mol. The van der Waals surface area contributed by atoms with Crippen LogP contribution >= 0.6 is 11.6 Å². The van der Waals surface area contributed by atoms with Gasteiger partial charge in [-0.1, -0.05) is 17.7 Å². The van der Waals surface area contributed by atoms with E-state index in [1.165, 1.54) is 18.2 Å². The molecule has 1 saturated heterocycles. The number of rotatable bonds is 4. The van der Waals surface area contributed by atoms with Crippen LogP contribution in [0.3, 0.4) is 0 Å². The summed E-state index contributed by atoms with van der Waals surface area (Å²) >= 11 is 6.14. The molecule has 1 fully saturated rings. The molecule has 0 saturated carbocycles. The smallest absolute Gasteiger partial charge is 0.282 e. The van der Waals surface area contributed by atoms with Crippen molar-refractivity contribution < 1.29 is 18.0 Å². The molecular weight excluding hydrogens is 440 g/mol. The van der Waals surface area contributed by atoms with E-state index in [0.29, 0.717) is 22.1 Å². The Labute approximate surface area is 183 Å². The third kappa shape index (κ3) is 3.98. The van der Waals surface area contributed by atoms with Crippen LogP contribution in [0.5, 0.6) is 0 Å². The van der Waals surface area contributed by atoms with Crippen LogP contribution in [0.15, 0.2) is 71.3 Å². The number of nitrogens with zero attached hydrogens (tertiary/aromatic N) is 2. The van der Waals surface area contributed by atoms with Gasteiger partial charge >= 0.3 is 0 Å². The van der Waals surface area contributed by atoms with Crippen molar-refractivity contribution in [2.45, 2.75) is 11.8 Å². The van der Waals surface area contributed by atoms with Gasteiger partial charge in [-0.05, 0) is 67.1 Å². The summed E-state index contributed by atoms with van der Waals surface area (Å²) in [4.78, 5) is 25.4. The molecule has 3 N–H and O–H groups in total. The molecule has 2 amide bonds. The molecule has 0 spiro atoms. The maximum atomic E-state index is 12.9. The summed E-state index contributed by atoms with van der Waals surface area (Å²) < 4.78 is 24.6. The minimum atomic E-state index is -3.80.